The highest BCUT2D eigenvalue weighted by Gasteiger charge is 2.15. The van der Waals surface area contributed by atoms with Crippen molar-refractivity contribution in [2.24, 2.45) is 0 Å². The number of hydrogen-bond donors (Lipinski definition) is 1. The van der Waals surface area contributed by atoms with Gasteiger partial charge in [0.15, 0.2) is 0 Å². The zero-order valence-corrected chi connectivity index (χ0v) is 4.54. The summed E-state index contributed by atoms with van der Waals surface area (Å²) in [6, 6.07) is 0. The molecule has 6 heavy (non-hydrogen) atoms. The van der Waals surface area contributed by atoms with E-state index in [1.165, 1.54) is 5.57 Å². The summed E-state index contributed by atoms with van der Waals surface area (Å²) in [4.78, 5) is 0. The van der Waals surface area contributed by atoms with E-state index in [0.29, 0.717) is 5.25 Å². The molecule has 0 aromatic heterocycles. The first-order valence-electron chi connectivity index (χ1n) is 2.14. The van der Waals surface area contributed by atoms with E-state index in [1.54, 1.807) is 0 Å². The summed E-state index contributed by atoms with van der Waals surface area (Å²) in [6.07, 6.45) is 2.28. The van der Waals surface area contributed by atoms with Gasteiger partial charge in [-0.1, -0.05) is 12.2 Å². The molecule has 1 fully saturated rings. The van der Waals surface area contributed by atoms with Gasteiger partial charge in [-0.2, -0.15) is 12.6 Å². The number of hydrogen-bond acceptors (Lipinski definition) is 1. The van der Waals surface area contributed by atoms with E-state index < -0.39 is 0 Å². The normalized spacial score (nSPS) is 23.8. The van der Waals surface area contributed by atoms with Crippen molar-refractivity contribution in [2.45, 2.75) is 18.1 Å². The molecule has 1 aliphatic rings. The van der Waals surface area contributed by atoms with Crippen molar-refractivity contribution in [3.8, 4) is 0 Å². The van der Waals surface area contributed by atoms with E-state index >= 15 is 0 Å². The molecule has 1 saturated carbocycles. The average molecular weight is 100 g/mol. The van der Waals surface area contributed by atoms with Crippen molar-refractivity contribution >= 4 is 12.6 Å². The van der Waals surface area contributed by atoms with Gasteiger partial charge in [-0.25, -0.2) is 0 Å². The van der Waals surface area contributed by atoms with Crippen LogP contribution in [0.1, 0.15) is 12.8 Å². The van der Waals surface area contributed by atoms with Crippen molar-refractivity contribution in [1.82, 2.24) is 0 Å². The Hall–Kier alpha value is 0.0900. The first-order valence-corrected chi connectivity index (χ1v) is 2.65. The Bertz CT molecular complexity index is 68.0. The monoisotopic (exact) mass is 100 g/mol. The van der Waals surface area contributed by atoms with E-state index in [0.717, 1.165) is 12.8 Å². The molecule has 0 saturated heterocycles. The zero-order chi connectivity index (χ0) is 4.57. The molecule has 0 N–H and O–H groups in total. The third kappa shape index (κ3) is 0.597. The molecule has 1 aliphatic carbocycles. The molecule has 0 aromatic carbocycles. The van der Waals surface area contributed by atoms with E-state index in [4.69, 9.17) is 0 Å². The van der Waals surface area contributed by atoms with Crippen LogP contribution in [0.4, 0.5) is 0 Å². The Balaban J connectivity index is 2.28. The summed E-state index contributed by atoms with van der Waals surface area (Å²) in [5.41, 5.74) is 1.36. The first-order chi connectivity index (χ1) is 2.79. The summed E-state index contributed by atoms with van der Waals surface area (Å²) in [5, 5.41) is 0.637. The predicted octanol–water partition coefficient (Wildman–Crippen LogP) is 1.63. The molecular weight excluding hydrogens is 92.1 g/mol. The summed E-state index contributed by atoms with van der Waals surface area (Å²) < 4.78 is 0. The Kier molecular flexibility index (Phi) is 0.922. The maximum absolute atomic E-state index is 4.18. The number of allylic oxidation sites excluding steroid dienone is 1. The van der Waals surface area contributed by atoms with E-state index in [2.05, 4.69) is 19.2 Å². The third-order valence-corrected chi connectivity index (χ3v) is 1.41. The summed E-state index contributed by atoms with van der Waals surface area (Å²) in [6.45, 7) is 3.76. The molecule has 0 aliphatic heterocycles. The van der Waals surface area contributed by atoms with Crippen LogP contribution in [0.5, 0.6) is 0 Å². The minimum absolute atomic E-state index is 0.637. The Morgan fingerprint density at radius 1 is 1.67 bits per heavy atom. The van der Waals surface area contributed by atoms with Crippen molar-refractivity contribution < 1.29 is 0 Å². The van der Waals surface area contributed by atoms with E-state index in [-0.39, 0.29) is 0 Å². The topological polar surface area (TPSA) is 0 Å². The largest absolute Gasteiger partial charge is 0.175 e. The highest BCUT2D eigenvalue weighted by atomic mass is 32.1. The Labute approximate surface area is 43.7 Å². The van der Waals surface area contributed by atoms with Crippen LogP contribution in [-0.4, -0.2) is 5.25 Å². The van der Waals surface area contributed by atoms with Crippen LogP contribution in [-0.2, 0) is 0 Å². The van der Waals surface area contributed by atoms with Crippen molar-refractivity contribution in [3.05, 3.63) is 12.2 Å². The van der Waals surface area contributed by atoms with Crippen molar-refractivity contribution in [3.63, 3.8) is 0 Å². The highest BCUT2D eigenvalue weighted by molar-refractivity contribution is 7.81. The van der Waals surface area contributed by atoms with Crippen LogP contribution in [0.2, 0.25) is 0 Å². The zero-order valence-electron chi connectivity index (χ0n) is 3.65. The van der Waals surface area contributed by atoms with Gasteiger partial charge in [-0.3, -0.25) is 0 Å². The van der Waals surface area contributed by atoms with Gasteiger partial charge in [-0.05, 0) is 12.8 Å². The molecule has 0 amide bonds. The quantitative estimate of drug-likeness (QED) is 0.347. The van der Waals surface area contributed by atoms with Gasteiger partial charge in [0.1, 0.15) is 0 Å². The second-order valence-corrected chi connectivity index (χ2v) is 2.54. The lowest BCUT2D eigenvalue weighted by molar-refractivity contribution is 0.692. The summed E-state index contributed by atoms with van der Waals surface area (Å²) >= 11 is 4.18. The molecule has 0 aromatic rings. The van der Waals surface area contributed by atoms with Crippen molar-refractivity contribution in [2.75, 3.05) is 0 Å². The lowest BCUT2D eigenvalue weighted by Crippen LogP contribution is -2.12. The standard InChI is InChI=1S/C5H8S/c1-4-2-5(6)3-4/h5-6H,1-3H2. The predicted molar refractivity (Wildman–Crippen MR) is 31.1 cm³/mol. The van der Waals surface area contributed by atoms with Gasteiger partial charge in [-0.15, -0.1) is 0 Å². The average Bonchev–Trinajstić information content (AvgIpc) is 1.33. The van der Waals surface area contributed by atoms with Gasteiger partial charge < -0.3 is 0 Å². The molecule has 34 valence electrons. The van der Waals surface area contributed by atoms with Gasteiger partial charge in [0.2, 0.25) is 0 Å². The van der Waals surface area contributed by atoms with Crippen molar-refractivity contribution in [1.29, 1.82) is 0 Å². The van der Waals surface area contributed by atoms with Crippen LogP contribution in [0.3, 0.4) is 0 Å². The second-order valence-electron chi connectivity index (χ2n) is 1.81. The maximum atomic E-state index is 4.18. The molecule has 1 rings (SSSR count). The van der Waals surface area contributed by atoms with Gasteiger partial charge in [0.25, 0.3) is 0 Å². The van der Waals surface area contributed by atoms with Gasteiger partial charge in [0.05, 0.1) is 0 Å². The summed E-state index contributed by atoms with van der Waals surface area (Å²) in [7, 11) is 0. The molecule has 0 bridgehead atoms. The van der Waals surface area contributed by atoms with Gasteiger partial charge in [0, 0.05) is 5.25 Å². The third-order valence-electron chi connectivity index (χ3n) is 1.05. The molecule has 0 spiro atoms. The Morgan fingerprint density at radius 3 is 2.17 bits per heavy atom. The molecule has 0 unspecified atom stereocenters. The molecule has 0 nitrogen and oxygen atoms in total. The fourth-order valence-electron chi connectivity index (χ4n) is 0.607. The fourth-order valence-corrected chi connectivity index (χ4v) is 1.12. The molecule has 0 atom stereocenters. The lowest BCUT2D eigenvalue weighted by Gasteiger charge is -2.22. The smallest absolute Gasteiger partial charge is 0.00909 e. The van der Waals surface area contributed by atoms with E-state index in [9.17, 15) is 0 Å². The van der Waals surface area contributed by atoms with Crippen LogP contribution in [0.15, 0.2) is 12.2 Å². The van der Waals surface area contributed by atoms with Crippen LogP contribution in [0.25, 0.3) is 0 Å². The van der Waals surface area contributed by atoms with Gasteiger partial charge >= 0.3 is 0 Å². The second kappa shape index (κ2) is 1.30. The van der Waals surface area contributed by atoms with Crippen LogP contribution >= 0.6 is 12.6 Å². The lowest BCUT2D eigenvalue weighted by atomic mass is 9.94. The first kappa shape index (κ1) is 4.25. The van der Waals surface area contributed by atoms with Crippen LogP contribution < -0.4 is 0 Å². The number of rotatable bonds is 0. The molecular formula is C5H8S. The summed E-state index contributed by atoms with van der Waals surface area (Å²) in [5.74, 6) is 0. The maximum Gasteiger partial charge on any atom is 0.00909 e. The molecule has 1 heteroatoms. The fraction of sp³-hybridized carbons (Fsp3) is 0.600. The minimum atomic E-state index is 0.637. The van der Waals surface area contributed by atoms with Crippen LogP contribution in [0, 0.1) is 0 Å². The number of thiol groups is 1. The van der Waals surface area contributed by atoms with E-state index in [1.807, 2.05) is 0 Å². The highest BCUT2D eigenvalue weighted by Crippen LogP contribution is 2.28. The minimum Gasteiger partial charge on any atom is -0.175 e. The SMILES string of the molecule is C=C1CC(S)C1. The molecule has 0 heterocycles. The Morgan fingerprint density at radius 2 is 2.17 bits per heavy atom. The molecule has 0 radical (unpaired) electrons.